The highest BCUT2D eigenvalue weighted by Crippen LogP contribution is 2.17. The molecule has 0 saturated carbocycles. The molecule has 0 spiro atoms. The Hall–Kier alpha value is -2.03. The minimum atomic E-state index is -0.301. The maximum Gasteiger partial charge on any atom is 0.339 e. The average molecular weight is 201 g/mol. The molecule has 0 aromatic heterocycles. The molecule has 2 N–H and O–H groups in total. The Kier molecular flexibility index (Phi) is 2.54. The standard InChI is InChI=1S/C12H11NO2/c13-10-5-7-11(8-6-10)15-12(14)9-3-1-2-4-9/h1-3,5-8H,4,13H2. The van der Waals surface area contributed by atoms with E-state index < -0.39 is 0 Å². The molecule has 0 atom stereocenters. The van der Waals surface area contributed by atoms with E-state index in [0.717, 1.165) is 0 Å². The van der Waals surface area contributed by atoms with E-state index in [4.69, 9.17) is 10.5 Å². The van der Waals surface area contributed by atoms with Gasteiger partial charge in [0.15, 0.2) is 0 Å². The second-order valence-electron chi connectivity index (χ2n) is 3.28. The van der Waals surface area contributed by atoms with E-state index in [0.29, 0.717) is 23.4 Å². The van der Waals surface area contributed by atoms with Crippen LogP contribution in [0.1, 0.15) is 6.42 Å². The Morgan fingerprint density at radius 2 is 2.00 bits per heavy atom. The monoisotopic (exact) mass is 201 g/mol. The van der Waals surface area contributed by atoms with Crippen molar-refractivity contribution in [1.29, 1.82) is 0 Å². The van der Waals surface area contributed by atoms with Gasteiger partial charge in [0.05, 0.1) is 0 Å². The summed E-state index contributed by atoms with van der Waals surface area (Å²) >= 11 is 0. The molecule has 0 amide bonds. The first kappa shape index (κ1) is 9.52. The number of hydrogen-bond acceptors (Lipinski definition) is 3. The van der Waals surface area contributed by atoms with Crippen LogP contribution in [-0.4, -0.2) is 5.97 Å². The Morgan fingerprint density at radius 1 is 1.27 bits per heavy atom. The van der Waals surface area contributed by atoms with E-state index in [1.54, 1.807) is 30.3 Å². The number of rotatable bonds is 2. The van der Waals surface area contributed by atoms with Gasteiger partial charge in [-0.3, -0.25) is 0 Å². The molecule has 0 saturated heterocycles. The molecule has 3 nitrogen and oxygen atoms in total. The highest BCUT2D eigenvalue weighted by Gasteiger charge is 2.12. The van der Waals surface area contributed by atoms with Gasteiger partial charge in [0.2, 0.25) is 0 Å². The maximum absolute atomic E-state index is 11.5. The zero-order chi connectivity index (χ0) is 10.7. The van der Waals surface area contributed by atoms with E-state index in [-0.39, 0.29) is 5.97 Å². The topological polar surface area (TPSA) is 52.3 Å². The van der Waals surface area contributed by atoms with Crippen molar-refractivity contribution in [3.05, 3.63) is 48.1 Å². The lowest BCUT2D eigenvalue weighted by Crippen LogP contribution is -2.09. The summed E-state index contributed by atoms with van der Waals surface area (Å²) in [6.07, 6.45) is 6.17. The highest BCUT2D eigenvalue weighted by atomic mass is 16.5. The number of carbonyl (C=O) groups excluding carboxylic acids is 1. The number of hydrogen-bond donors (Lipinski definition) is 1. The molecular weight excluding hydrogens is 190 g/mol. The van der Waals surface area contributed by atoms with Crippen molar-refractivity contribution in [2.24, 2.45) is 0 Å². The number of anilines is 1. The van der Waals surface area contributed by atoms with Crippen molar-refractivity contribution in [3.8, 4) is 5.75 Å². The third kappa shape index (κ3) is 2.26. The number of carbonyl (C=O) groups is 1. The van der Waals surface area contributed by atoms with E-state index in [1.807, 2.05) is 12.2 Å². The van der Waals surface area contributed by atoms with Crippen LogP contribution in [-0.2, 0) is 4.79 Å². The smallest absolute Gasteiger partial charge is 0.339 e. The quantitative estimate of drug-likeness (QED) is 0.452. The molecule has 1 aromatic rings. The molecule has 76 valence electrons. The normalized spacial score (nSPS) is 13.7. The molecule has 1 aromatic carbocycles. The lowest BCUT2D eigenvalue weighted by Gasteiger charge is -2.04. The number of esters is 1. The van der Waals surface area contributed by atoms with Crippen molar-refractivity contribution in [3.63, 3.8) is 0 Å². The molecule has 0 aliphatic heterocycles. The highest BCUT2D eigenvalue weighted by molar-refractivity contribution is 5.91. The second kappa shape index (κ2) is 4.00. The van der Waals surface area contributed by atoms with Crippen LogP contribution < -0.4 is 10.5 Å². The van der Waals surface area contributed by atoms with Crippen molar-refractivity contribution in [2.45, 2.75) is 6.42 Å². The molecule has 0 bridgehead atoms. The first-order chi connectivity index (χ1) is 7.25. The largest absolute Gasteiger partial charge is 0.423 e. The molecule has 2 rings (SSSR count). The van der Waals surface area contributed by atoms with Crippen molar-refractivity contribution in [1.82, 2.24) is 0 Å². The van der Waals surface area contributed by atoms with E-state index in [2.05, 4.69) is 0 Å². The summed E-state index contributed by atoms with van der Waals surface area (Å²) in [6.45, 7) is 0. The molecule has 0 unspecified atom stereocenters. The van der Waals surface area contributed by atoms with Gasteiger partial charge in [-0.05, 0) is 30.7 Å². The van der Waals surface area contributed by atoms with Crippen molar-refractivity contribution in [2.75, 3.05) is 5.73 Å². The van der Waals surface area contributed by atoms with Gasteiger partial charge in [-0.1, -0.05) is 18.2 Å². The van der Waals surface area contributed by atoms with Crippen LogP contribution >= 0.6 is 0 Å². The van der Waals surface area contributed by atoms with Crippen LogP contribution in [0.15, 0.2) is 48.1 Å². The number of nitrogens with two attached hydrogens (primary N) is 1. The summed E-state index contributed by atoms with van der Waals surface area (Å²) in [4.78, 5) is 11.5. The number of ether oxygens (including phenoxy) is 1. The third-order valence-electron chi connectivity index (χ3n) is 2.12. The number of nitrogen functional groups attached to an aromatic ring is 1. The van der Waals surface area contributed by atoms with Crippen LogP contribution in [0.5, 0.6) is 5.75 Å². The van der Waals surface area contributed by atoms with Crippen molar-refractivity contribution >= 4 is 11.7 Å². The minimum absolute atomic E-state index is 0.301. The summed E-state index contributed by atoms with van der Waals surface area (Å²) in [7, 11) is 0. The molecule has 15 heavy (non-hydrogen) atoms. The first-order valence-electron chi connectivity index (χ1n) is 4.69. The summed E-state index contributed by atoms with van der Waals surface area (Å²) in [5, 5.41) is 0. The lowest BCUT2D eigenvalue weighted by atomic mass is 10.2. The SMILES string of the molecule is Nc1ccc(OC(=O)C2=CC=CC2)cc1. The predicted molar refractivity (Wildman–Crippen MR) is 58.3 cm³/mol. The van der Waals surface area contributed by atoms with Gasteiger partial charge in [-0.2, -0.15) is 0 Å². The fourth-order valence-corrected chi connectivity index (χ4v) is 1.31. The van der Waals surface area contributed by atoms with Crippen LogP contribution in [0.25, 0.3) is 0 Å². The van der Waals surface area contributed by atoms with Gasteiger partial charge in [-0.25, -0.2) is 4.79 Å². The molecular formula is C12H11NO2. The van der Waals surface area contributed by atoms with Crippen LogP contribution in [0.2, 0.25) is 0 Å². The molecule has 1 aliphatic rings. The van der Waals surface area contributed by atoms with Crippen LogP contribution in [0.4, 0.5) is 5.69 Å². The van der Waals surface area contributed by atoms with Crippen LogP contribution in [0.3, 0.4) is 0 Å². The summed E-state index contributed by atoms with van der Waals surface area (Å²) in [5.41, 5.74) is 6.84. The summed E-state index contributed by atoms with van der Waals surface area (Å²) < 4.78 is 5.15. The molecule has 0 radical (unpaired) electrons. The number of benzene rings is 1. The Morgan fingerprint density at radius 3 is 2.60 bits per heavy atom. The summed E-state index contributed by atoms with van der Waals surface area (Å²) in [5.74, 6) is 0.215. The lowest BCUT2D eigenvalue weighted by molar-refractivity contribution is -0.130. The maximum atomic E-state index is 11.5. The third-order valence-corrected chi connectivity index (χ3v) is 2.12. The van der Waals surface area contributed by atoms with Gasteiger partial charge in [-0.15, -0.1) is 0 Å². The minimum Gasteiger partial charge on any atom is -0.423 e. The van der Waals surface area contributed by atoms with E-state index >= 15 is 0 Å². The van der Waals surface area contributed by atoms with Crippen molar-refractivity contribution < 1.29 is 9.53 Å². The van der Waals surface area contributed by atoms with E-state index in [1.165, 1.54) is 0 Å². The Balaban J connectivity index is 2.03. The van der Waals surface area contributed by atoms with Gasteiger partial charge in [0.1, 0.15) is 5.75 Å². The van der Waals surface area contributed by atoms with Gasteiger partial charge >= 0.3 is 5.97 Å². The fraction of sp³-hybridized carbons (Fsp3) is 0.0833. The first-order valence-corrected chi connectivity index (χ1v) is 4.69. The van der Waals surface area contributed by atoms with Crippen LogP contribution in [0, 0.1) is 0 Å². The molecule has 1 aliphatic carbocycles. The second-order valence-corrected chi connectivity index (χ2v) is 3.28. The van der Waals surface area contributed by atoms with Gasteiger partial charge in [0, 0.05) is 11.3 Å². The Bertz CT molecular complexity index is 429. The number of allylic oxidation sites excluding steroid dienone is 3. The zero-order valence-electron chi connectivity index (χ0n) is 8.14. The van der Waals surface area contributed by atoms with Gasteiger partial charge in [0.25, 0.3) is 0 Å². The molecule has 3 heteroatoms. The summed E-state index contributed by atoms with van der Waals surface area (Å²) in [6, 6.07) is 6.75. The van der Waals surface area contributed by atoms with E-state index in [9.17, 15) is 4.79 Å². The molecule has 0 heterocycles. The van der Waals surface area contributed by atoms with Gasteiger partial charge < -0.3 is 10.5 Å². The Labute approximate surface area is 87.9 Å². The zero-order valence-corrected chi connectivity index (χ0v) is 8.14. The fourth-order valence-electron chi connectivity index (χ4n) is 1.31. The average Bonchev–Trinajstić information content (AvgIpc) is 2.74. The predicted octanol–water partition coefficient (Wildman–Crippen LogP) is 2.06. The molecule has 0 fully saturated rings.